The summed E-state index contributed by atoms with van der Waals surface area (Å²) in [5.41, 5.74) is 7.14. The van der Waals surface area contributed by atoms with Gasteiger partial charge in [0.05, 0.1) is 5.60 Å². The molecule has 1 aromatic rings. The molecule has 0 aliphatic carbocycles. The summed E-state index contributed by atoms with van der Waals surface area (Å²) >= 11 is 0. The van der Waals surface area contributed by atoms with Gasteiger partial charge in [0, 0.05) is 24.8 Å². The third-order valence-electron chi connectivity index (χ3n) is 3.66. The fourth-order valence-corrected chi connectivity index (χ4v) is 2.41. The first-order valence-electron chi connectivity index (χ1n) is 6.41. The number of halogens is 1. The van der Waals surface area contributed by atoms with Crippen LogP contribution < -0.4 is 10.6 Å². The molecular formula is C14H21FN2O. The maximum Gasteiger partial charge on any atom is 0.123 e. The highest BCUT2D eigenvalue weighted by molar-refractivity contribution is 5.55. The molecule has 4 heteroatoms. The van der Waals surface area contributed by atoms with Gasteiger partial charge in [0.25, 0.3) is 0 Å². The highest BCUT2D eigenvalue weighted by Crippen LogP contribution is 2.31. The number of hydrogen-bond acceptors (Lipinski definition) is 3. The Morgan fingerprint density at radius 3 is 2.56 bits per heavy atom. The molecule has 1 aliphatic rings. The van der Waals surface area contributed by atoms with Gasteiger partial charge in [-0.1, -0.05) is 0 Å². The van der Waals surface area contributed by atoms with Crippen molar-refractivity contribution in [2.75, 3.05) is 18.0 Å². The molecule has 3 N–H and O–H groups in total. The second-order valence-corrected chi connectivity index (χ2v) is 5.48. The van der Waals surface area contributed by atoms with Crippen LogP contribution in [0.4, 0.5) is 10.1 Å². The summed E-state index contributed by atoms with van der Waals surface area (Å²) in [6.45, 7) is 5.27. The molecule has 1 heterocycles. The van der Waals surface area contributed by atoms with Gasteiger partial charge in [-0.2, -0.15) is 0 Å². The Balaban J connectivity index is 2.24. The van der Waals surface area contributed by atoms with E-state index in [0.29, 0.717) is 0 Å². The fraction of sp³-hybridized carbons (Fsp3) is 0.571. The molecule has 1 unspecified atom stereocenters. The first kappa shape index (κ1) is 13.3. The summed E-state index contributed by atoms with van der Waals surface area (Å²) < 4.78 is 13.3. The number of benzene rings is 1. The van der Waals surface area contributed by atoms with Gasteiger partial charge in [-0.3, -0.25) is 0 Å². The van der Waals surface area contributed by atoms with E-state index in [1.807, 2.05) is 13.8 Å². The van der Waals surface area contributed by atoms with Crippen LogP contribution >= 0.6 is 0 Å². The minimum Gasteiger partial charge on any atom is -0.390 e. The van der Waals surface area contributed by atoms with Crippen LogP contribution in [0.2, 0.25) is 0 Å². The molecule has 1 fully saturated rings. The zero-order chi connectivity index (χ0) is 13.3. The lowest BCUT2D eigenvalue weighted by Crippen LogP contribution is -2.43. The Kier molecular flexibility index (Phi) is 3.59. The van der Waals surface area contributed by atoms with Gasteiger partial charge in [-0.05, 0) is 50.5 Å². The quantitative estimate of drug-likeness (QED) is 0.848. The summed E-state index contributed by atoms with van der Waals surface area (Å²) in [4.78, 5) is 2.18. The van der Waals surface area contributed by atoms with Gasteiger partial charge in [0.1, 0.15) is 5.82 Å². The first-order chi connectivity index (χ1) is 8.39. The molecule has 3 nitrogen and oxygen atoms in total. The normalized spacial score (nSPS) is 20.8. The zero-order valence-electron chi connectivity index (χ0n) is 11.0. The van der Waals surface area contributed by atoms with E-state index < -0.39 is 5.60 Å². The molecule has 100 valence electrons. The summed E-state index contributed by atoms with van der Waals surface area (Å²) in [7, 11) is 0. The second kappa shape index (κ2) is 4.86. The Hall–Kier alpha value is -1.13. The monoisotopic (exact) mass is 252 g/mol. The lowest BCUT2D eigenvalue weighted by Gasteiger charge is -2.38. The van der Waals surface area contributed by atoms with Crippen LogP contribution in [-0.4, -0.2) is 23.8 Å². The van der Waals surface area contributed by atoms with Gasteiger partial charge >= 0.3 is 0 Å². The van der Waals surface area contributed by atoms with E-state index in [1.165, 1.54) is 12.1 Å². The smallest absolute Gasteiger partial charge is 0.123 e. The number of hydrogen-bond donors (Lipinski definition) is 2. The summed E-state index contributed by atoms with van der Waals surface area (Å²) in [6, 6.07) is 4.56. The second-order valence-electron chi connectivity index (χ2n) is 5.48. The summed E-state index contributed by atoms with van der Waals surface area (Å²) in [5, 5.41) is 9.95. The molecule has 18 heavy (non-hydrogen) atoms. The SMILES string of the molecule is CC(N)c1cc(F)ccc1N1CCC(C)(O)CC1. The molecule has 1 atom stereocenters. The Morgan fingerprint density at radius 2 is 2.00 bits per heavy atom. The minimum atomic E-state index is -0.578. The topological polar surface area (TPSA) is 49.5 Å². The molecule has 0 saturated carbocycles. The van der Waals surface area contributed by atoms with E-state index in [-0.39, 0.29) is 11.9 Å². The number of rotatable bonds is 2. The Morgan fingerprint density at radius 1 is 1.39 bits per heavy atom. The van der Waals surface area contributed by atoms with Crippen molar-refractivity contribution in [1.82, 2.24) is 0 Å². The number of nitrogens with zero attached hydrogens (tertiary/aromatic N) is 1. The molecule has 0 spiro atoms. The molecular weight excluding hydrogens is 231 g/mol. The lowest BCUT2D eigenvalue weighted by molar-refractivity contribution is 0.0351. The maximum absolute atomic E-state index is 13.3. The highest BCUT2D eigenvalue weighted by atomic mass is 19.1. The minimum absolute atomic E-state index is 0.196. The van der Waals surface area contributed by atoms with Crippen LogP contribution in [0, 0.1) is 5.82 Å². The first-order valence-corrected chi connectivity index (χ1v) is 6.41. The highest BCUT2D eigenvalue weighted by Gasteiger charge is 2.28. The van der Waals surface area contributed by atoms with Gasteiger partial charge in [-0.15, -0.1) is 0 Å². The standard InChI is InChI=1S/C14H21FN2O/c1-10(16)12-9-11(15)3-4-13(12)17-7-5-14(2,18)6-8-17/h3-4,9-10,18H,5-8,16H2,1-2H3. The fourth-order valence-electron chi connectivity index (χ4n) is 2.41. The number of anilines is 1. The van der Waals surface area contributed by atoms with Gasteiger partial charge in [0.15, 0.2) is 0 Å². The van der Waals surface area contributed by atoms with Crippen LogP contribution in [-0.2, 0) is 0 Å². The van der Waals surface area contributed by atoms with Crippen LogP contribution in [0.3, 0.4) is 0 Å². The van der Waals surface area contributed by atoms with Crippen molar-refractivity contribution in [2.45, 2.75) is 38.3 Å². The number of piperidine rings is 1. The van der Waals surface area contributed by atoms with E-state index >= 15 is 0 Å². The van der Waals surface area contributed by atoms with Crippen molar-refractivity contribution in [3.05, 3.63) is 29.6 Å². The molecule has 1 aliphatic heterocycles. The third kappa shape index (κ3) is 2.82. The molecule has 0 aromatic heterocycles. The summed E-state index contributed by atoms with van der Waals surface area (Å²) in [6.07, 6.45) is 1.45. The van der Waals surface area contributed by atoms with E-state index in [4.69, 9.17) is 5.73 Å². The maximum atomic E-state index is 13.3. The third-order valence-corrected chi connectivity index (χ3v) is 3.66. The van der Waals surface area contributed by atoms with Crippen molar-refractivity contribution in [2.24, 2.45) is 5.73 Å². The van der Waals surface area contributed by atoms with Crippen LogP contribution in [0.15, 0.2) is 18.2 Å². The average molecular weight is 252 g/mol. The van der Waals surface area contributed by atoms with Gasteiger partial charge in [-0.25, -0.2) is 4.39 Å². The zero-order valence-corrected chi connectivity index (χ0v) is 11.0. The van der Waals surface area contributed by atoms with E-state index in [9.17, 15) is 9.50 Å². The van der Waals surface area contributed by atoms with Crippen molar-refractivity contribution >= 4 is 5.69 Å². The Labute approximate surface area is 107 Å². The molecule has 0 bridgehead atoms. The van der Waals surface area contributed by atoms with Gasteiger partial charge < -0.3 is 15.7 Å². The van der Waals surface area contributed by atoms with Crippen LogP contribution in [0.25, 0.3) is 0 Å². The van der Waals surface area contributed by atoms with E-state index in [1.54, 1.807) is 6.07 Å². The number of aliphatic hydroxyl groups is 1. The van der Waals surface area contributed by atoms with Crippen LogP contribution in [0.1, 0.15) is 38.3 Å². The average Bonchev–Trinajstić information content (AvgIpc) is 2.29. The molecule has 1 saturated heterocycles. The summed E-state index contributed by atoms with van der Waals surface area (Å²) in [5.74, 6) is -0.255. The van der Waals surface area contributed by atoms with E-state index in [0.717, 1.165) is 37.2 Å². The largest absolute Gasteiger partial charge is 0.390 e. The van der Waals surface area contributed by atoms with Crippen LogP contribution in [0.5, 0.6) is 0 Å². The van der Waals surface area contributed by atoms with Crippen molar-refractivity contribution < 1.29 is 9.50 Å². The van der Waals surface area contributed by atoms with Crippen molar-refractivity contribution in [3.8, 4) is 0 Å². The molecule has 1 aromatic carbocycles. The van der Waals surface area contributed by atoms with Crippen molar-refractivity contribution in [3.63, 3.8) is 0 Å². The molecule has 0 radical (unpaired) electrons. The van der Waals surface area contributed by atoms with Gasteiger partial charge in [0.2, 0.25) is 0 Å². The lowest BCUT2D eigenvalue weighted by atomic mass is 9.92. The number of nitrogens with two attached hydrogens (primary N) is 1. The Bertz CT molecular complexity index is 422. The van der Waals surface area contributed by atoms with E-state index in [2.05, 4.69) is 4.90 Å². The predicted molar refractivity (Wildman–Crippen MR) is 71.1 cm³/mol. The van der Waals surface area contributed by atoms with Crippen molar-refractivity contribution in [1.29, 1.82) is 0 Å². The predicted octanol–water partition coefficient (Wildman–Crippen LogP) is 2.20. The molecule has 2 rings (SSSR count). The molecule has 0 amide bonds.